The van der Waals surface area contributed by atoms with Gasteiger partial charge in [0, 0.05) is 24.0 Å². The molecule has 0 atom stereocenters. The molecular weight excluding hydrogens is 281 g/mol. The first-order chi connectivity index (χ1) is 10.2. The van der Waals surface area contributed by atoms with Crippen molar-refractivity contribution in [3.8, 4) is 0 Å². The van der Waals surface area contributed by atoms with E-state index in [4.69, 9.17) is 9.31 Å². The Hall–Kier alpha value is -1.86. The van der Waals surface area contributed by atoms with Crippen LogP contribution in [0.3, 0.4) is 0 Å². The molecule has 7 heteroatoms. The Morgan fingerprint density at radius 3 is 2.50 bits per heavy atom. The fraction of sp³-hybridized carbons (Fsp3) is 0.467. The fourth-order valence-electron chi connectivity index (χ4n) is 2.46. The maximum absolute atomic E-state index is 11.2. The van der Waals surface area contributed by atoms with Gasteiger partial charge >= 0.3 is 7.12 Å². The molecular formula is C15H20BN3O3. The number of pyridine rings is 1. The third-order valence-corrected chi connectivity index (χ3v) is 4.41. The van der Waals surface area contributed by atoms with Crippen LogP contribution in [0.2, 0.25) is 0 Å². The number of hydrogen-bond donors (Lipinski definition) is 2. The van der Waals surface area contributed by atoms with Gasteiger partial charge in [0.05, 0.1) is 22.9 Å². The SMILES string of the molecule is CC(=O)Nc1cc2c(B3OC(C)(C)C(C)(C)O3)c[nH]c2cn1. The van der Waals surface area contributed by atoms with Gasteiger partial charge in [-0.1, -0.05) is 0 Å². The topological polar surface area (TPSA) is 76.2 Å². The zero-order chi connectivity index (χ0) is 16.1. The number of amides is 1. The molecule has 1 fully saturated rings. The average Bonchev–Trinajstić information content (AvgIpc) is 2.87. The van der Waals surface area contributed by atoms with Crippen LogP contribution in [0, 0.1) is 0 Å². The Bertz CT molecular complexity index is 723. The average molecular weight is 301 g/mol. The molecule has 3 heterocycles. The molecule has 2 aromatic rings. The summed E-state index contributed by atoms with van der Waals surface area (Å²) in [5.74, 6) is 0.358. The molecule has 116 valence electrons. The van der Waals surface area contributed by atoms with Crippen LogP contribution in [-0.4, -0.2) is 34.2 Å². The minimum atomic E-state index is -0.452. The molecule has 22 heavy (non-hydrogen) atoms. The van der Waals surface area contributed by atoms with Crippen LogP contribution in [0.5, 0.6) is 0 Å². The van der Waals surface area contributed by atoms with Crippen LogP contribution in [0.25, 0.3) is 10.9 Å². The number of fused-ring (bicyclic) bond motifs is 1. The summed E-state index contributed by atoms with van der Waals surface area (Å²) >= 11 is 0. The smallest absolute Gasteiger partial charge is 0.399 e. The van der Waals surface area contributed by atoms with E-state index in [9.17, 15) is 4.79 Å². The van der Waals surface area contributed by atoms with Gasteiger partial charge in [-0.15, -0.1) is 0 Å². The van der Waals surface area contributed by atoms with Crippen molar-refractivity contribution in [1.29, 1.82) is 0 Å². The summed E-state index contributed by atoms with van der Waals surface area (Å²) in [5.41, 5.74) is 0.991. The number of nitrogens with one attached hydrogen (secondary N) is 2. The van der Waals surface area contributed by atoms with E-state index in [1.807, 2.05) is 40.0 Å². The van der Waals surface area contributed by atoms with E-state index in [-0.39, 0.29) is 5.91 Å². The van der Waals surface area contributed by atoms with Crippen LogP contribution >= 0.6 is 0 Å². The third kappa shape index (κ3) is 2.40. The second-order valence-corrected chi connectivity index (χ2v) is 6.63. The van der Waals surface area contributed by atoms with Gasteiger partial charge < -0.3 is 19.6 Å². The van der Waals surface area contributed by atoms with Crippen LogP contribution in [0.4, 0.5) is 5.82 Å². The third-order valence-electron chi connectivity index (χ3n) is 4.41. The molecule has 0 bridgehead atoms. The van der Waals surface area contributed by atoms with E-state index in [0.29, 0.717) is 5.82 Å². The predicted octanol–water partition coefficient (Wildman–Crippen LogP) is 1.82. The molecule has 0 unspecified atom stereocenters. The van der Waals surface area contributed by atoms with E-state index in [0.717, 1.165) is 16.4 Å². The molecule has 1 saturated heterocycles. The Morgan fingerprint density at radius 1 is 1.27 bits per heavy atom. The van der Waals surface area contributed by atoms with Gasteiger partial charge in [0.1, 0.15) is 5.82 Å². The number of rotatable bonds is 2. The summed E-state index contributed by atoms with van der Waals surface area (Å²) in [5, 5.41) is 3.62. The molecule has 2 N–H and O–H groups in total. The van der Waals surface area contributed by atoms with E-state index in [2.05, 4.69) is 15.3 Å². The van der Waals surface area contributed by atoms with Crippen molar-refractivity contribution >= 4 is 35.2 Å². The lowest BCUT2D eigenvalue weighted by molar-refractivity contribution is -0.114. The van der Waals surface area contributed by atoms with Gasteiger partial charge in [-0.3, -0.25) is 4.79 Å². The molecule has 1 amide bonds. The lowest BCUT2D eigenvalue weighted by Crippen LogP contribution is -2.41. The second-order valence-electron chi connectivity index (χ2n) is 6.63. The summed E-state index contributed by atoms with van der Waals surface area (Å²) in [6, 6.07) is 1.83. The van der Waals surface area contributed by atoms with Crippen molar-refractivity contribution in [2.45, 2.75) is 45.8 Å². The van der Waals surface area contributed by atoms with Crippen LogP contribution < -0.4 is 10.8 Å². The molecule has 0 saturated carbocycles. The fourth-order valence-corrected chi connectivity index (χ4v) is 2.46. The largest absolute Gasteiger partial charge is 0.497 e. The second kappa shape index (κ2) is 4.82. The molecule has 3 rings (SSSR count). The Kier molecular flexibility index (Phi) is 3.30. The molecule has 0 aromatic carbocycles. The molecule has 1 aliphatic heterocycles. The van der Waals surface area contributed by atoms with Gasteiger partial charge in [-0.25, -0.2) is 4.98 Å². The highest BCUT2D eigenvalue weighted by Crippen LogP contribution is 2.37. The number of carbonyl (C=O) groups is 1. The van der Waals surface area contributed by atoms with Crippen LogP contribution in [0.15, 0.2) is 18.5 Å². The number of aromatic nitrogens is 2. The first-order valence-corrected chi connectivity index (χ1v) is 7.30. The first kappa shape index (κ1) is 15.1. The molecule has 6 nitrogen and oxygen atoms in total. The minimum absolute atomic E-state index is 0.153. The van der Waals surface area contributed by atoms with Crippen molar-refractivity contribution in [3.63, 3.8) is 0 Å². The number of hydrogen-bond acceptors (Lipinski definition) is 4. The maximum Gasteiger partial charge on any atom is 0.497 e. The molecule has 0 spiro atoms. The monoisotopic (exact) mass is 301 g/mol. The summed E-state index contributed by atoms with van der Waals surface area (Å²) in [7, 11) is -0.452. The van der Waals surface area contributed by atoms with E-state index >= 15 is 0 Å². The summed E-state index contributed by atoms with van der Waals surface area (Å²) < 4.78 is 12.2. The van der Waals surface area contributed by atoms with Crippen LogP contribution in [0.1, 0.15) is 34.6 Å². The number of aromatic amines is 1. The lowest BCUT2D eigenvalue weighted by atomic mass is 9.79. The number of H-pyrrole nitrogens is 1. The molecule has 0 radical (unpaired) electrons. The summed E-state index contributed by atoms with van der Waals surface area (Å²) in [4.78, 5) is 18.6. The normalized spacial score (nSPS) is 19.6. The van der Waals surface area contributed by atoms with Crippen molar-refractivity contribution in [2.75, 3.05) is 5.32 Å². The summed E-state index contributed by atoms with van der Waals surface area (Å²) in [6.45, 7) is 9.54. The van der Waals surface area contributed by atoms with Crippen molar-refractivity contribution in [3.05, 3.63) is 18.5 Å². The lowest BCUT2D eigenvalue weighted by Gasteiger charge is -2.32. The van der Waals surface area contributed by atoms with Gasteiger partial charge in [0.2, 0.25) is 5.91 Å². The van der Waals surface area contributed by atoms with Gasteiger partial charge in [-0.05, 0) is 33.8 Å². The van der Waals surface area contributed by atoms with E-state index in [1.165, 1.54) is 6.92 Å². The zero-order valence-electron chi connectivity index (χ0n) is 13.5. The number of anilines is 1. The zero-order valence-corrected chi connectivity index (χ0v) is 13.5. The molecule has 1 aliphatic rings. The quantitative estimate of drug-likeness (QED) is 0.830. The summed E-state index contributed by atoms with van der Waals surface area (Å²) in [6.07, 6.45) is 3.56. The van der Waals surface area contributed by atoms with E-state index in [1.54, 1.807) is 6.20 Å². The highest BCUT2D eigenvalue weighted by molar-refractivity contribution is 6.65. The highest BCUT2D eigenvalue weighted by atomic mass is 16.7. The highest BCUT2D eigenvalue weighted by Gasteiger charge is 2.52. The standard InChI is InChI=1S/C15H20BN3O3/c1-9(20)19-13-6-10-11(7-17-12(10)8-18-13)16-21-14(2,3)15(4,5)22-16/h6-8,17H,1-5H3,(H,18,19,20). The van der Waals surface area contributed by atoms with Crippen molar-refractivity contribution < 1.29 is 14.1 Å². The van der Waals surface area contributed by atoms with Gasteiger partial charge in [0.25, 0.3) is 0 Å². The van der Waals surface area contributed by atoms with Gasteiger partial charge in [0.15, 0.2) is 0 Å². The van der Waals surface area contributed by atoms with E-state index < -0.39 is 18.3 Å². The van der Waals surface area contributed by atoms with Gasteiger partial charge in [-0.2, -0.15) is 0 Å². The number of nitrogens with zero attached hydrogens (tertiary/aromatic N) is 1. The van der Waals surface area contributed by atoms with Crippen molar-refractivity contribution in [1.82, 2.24) is 9.97 Å². The van der Waals surface area contributed by atoms with Crippen LogP contribution in [-0.2, 0) is 14.1 Å². The minimum Gasteiger partial charge on any atom is -0.399 e. The van der Waals surface area contributed by atoms with Crippen molar-refractivity contribution in [2.24, 2.45) is 0 Å². The predicted molar refractivity (Wildman–Crippen MR) is 86.1 cm³/mol. The maximum atomic E-state index is 11.2. The molecule has 0 aliphatic carbocycles. The first-order valence-electron chi connectivity index (χ1n) is 7.30. The molecule has 2 aromatic heterocycles. The Morgan fingerprint density at radius 2 is 1.91 bits per heavy atom. The Balaban J connectivity index is 2.00. The Labute approximate surface area is 129 Å². The number of carbonyl (C=O) groups excluding carboxylic acids is 1.